The normalized spacial score (nSPS) is 12.4. The van der Waals surface area contributed by atoms with E-state index in [1.165, 1.54) is 102 Å². The standard InChI is InChI=1S/C25H49NO4S.Na/c1-2-3-4-5-6-7-8-9-10-11-12-13-14-15-16-17-18-19-22-25(27)26-23-20-21-24-31(28,29)30;/h19,22H,2-18,20-21,23-24H2,1H3,(H,26,27)(H,28,29,30);/q;+1/p-1/b22-19+;. The van der Waals surface area contributed by atoms with Gasteiger partial charge < -0.3 is 10.1 Å². The average molecular weight is 482 g/mol. The SMILES string of the molecule is CCCCCCCCCCCCCCCCCC/C=C/C([O-])=NCCCCS(=O)(=O)O.[Na+]. The Kier molecular flexibility index (Phi) is 27.6. The molecule has 0 saturated heterocycles. The van der Waals surface area contributed by atoms with E-state index in [0.717, 1.165) is 12.8 Å². The zero-order chi connectivity index (χ0) is 23.0. The van der Waals surface area contributed by atoms with Crippen LogP contribution in [-0.2, 0) is 10.1 Å². The van der Waals surface area contributed by atoms with Crippen LogP contribution in [0.4, 0.5) is 0 Å². The summed E-state index contributed by atoms with van der Waals surface area (Å²) in [6.45, 7) is 2.57. The first-order chi connectivity index (χ1) is 15.0. The minimum Gasteiger partial charge on any atom is -0.859 e. The summed E-state index contributed by atoms with van der Waals surface area (Å²) >= 11 is 0. The van der Waals surface area contributed by atoms with Gasteiger partial charge in [0.1, 0.15) is 0 Å². The Morgan fingerprint density at radius 3 is 1.62 bits per heavy atom. The molecule has 0 aromatic rings. The molecule has 0 aliphatic carbocycles. The van der Waals surface area contributed by atoms with Gasteiger partial charge in [-0.05, 0) is 31.6 Å². The predicted octanol–water partition coefficient (Wildman–Crippen LogP) is 3.63. The van der Waals surface area contributed by atoms with Gasteiger partial charge in [-0.2, -0.15) is 8.42 Å². The van der Waals surface area contributed by atoms with Crippen LogP contribution in [0.5, 0.6) is 0 Å². The number of unbranched alkanes of at least 4 members (excludes halogenated alkanes) is 17. The van der Waals surface area contributed by atoms with Crippen molar-refractivity contribution in [2.75, 3.05) is 12.3 Å². The van der Waals surface area contributed by atoms with Crippen molar-refractivity contribution < 1.29 is 47.6 Å². The molecule has 0 aliphatic rings. The van der Waals surface area contributed by atoms with E-state index in [1.807, 2.05) is 6.08 Å². The first-order valence-electron chi connectivity index (χ1n) is 12.8. The Morgan fingerprint density at radius 2 is 1.19 bits per heavy atom. The van der Waals surface area contributed by atoms with Gasteiger partial charge in [-0.3, -0.25) is 4.55 Å². The van der Waals surface area contributed by atoms with E-state index < -0.39 is 10.1 Å². The van der Waals surface area contributed by atoms with Crippen LogP contribution in [-0.4, -0.2) is 31.2 Å². The summed E-state index contributed by atoms with van der Waals surface area (Å²) < 4.78 is 29.7. The fourth-order valence-electron chi connectivity index (χ4n) is 3.63. The number of nitrogens with zero attached hydrogens (tertiary/aromatic N) is 1. The molecule has 0 fully saturated rings. The van der Waals surface area contributed by atoms with Crippen molar-refractivity contribution >= 4 is 16.0 Å². The van der Waals surface area contributed by atoms with Crippen LogP contribution in [0.2, 0.25) is 0 Å². The molecule has 0 heterocycles. The van der Waals surface area contributed by atoms with Crippen molar-refractivity contribution in [1.82, 2.24) is 0 Å². The Morgan fingerprint density at radius 1 is 0.750 bits per heavy atom. The van der Waals surface area contributed by atoms with Gasteiger partial charge in [0.2, 0.25) is 0 Å². The second-order valence-electron chi connectivity index (χ2n) is 8.71. The summed E-state index contributed by atoms with van der Waals surface area (Å²) in [6.07, 6.45) is 26.8. The summed E-state index contributed by atoms with van der Waals surface area (Å²) in [7, 11) is -3.91. The van der Waals surface area contributed by atoms with Gasteiger partial charge in [0, 0.05) is 6.54 Å². The maximum absolute atomic E-state index is 11.6. The fraction of sp³-hybridized carbons (Fsp3) is 0.880. The Balaban J connectivity index is 0. The molecule has 0 atom stereocenters. The minimum absolute atomic E-state index is 0. The molecule has 0 aromatic carbocycles. The van der Waals surface area contributed by atoms with Gasteiger partial charge in [0.05, 0.1) is 5.75 Å². The molecule has 0 aliphatic heterocycles. The summed E-state index contributed by atoms with van der Waals surface area (Å²) in [5.41, 5.74) is 0. The van der Waals surface area contributed by atoms with E-state index in [1.54, 1.807) is 0 Å². The summed E-state index contributed by atoms with van der Waals surface area (Å²) in [5.74, 6) is -0.533. The van der Waals surface area contributed by atoms with E-state index >= 15 is 0 Å². The number of rotatable bonds is 23. The van der Waals surface area contributed by atoms with Gasteiger partial charge in [0.25, 0.3) is 10.1 Å². The van der Waals surface area contributed by atoms with E-state index in [2.05, 4.69) is 11.9 Å². The molecule has 0 spiro atoms. The zero-order valence-corrected chi connectivity index (χ0v) is 23.8. The van der Waals surface area contributed by atoms with Crippen molar-refractivity contribution in [2.24, 2.45) is 4.99 Å². The van der Waals surface area contributed by atoms with Gasteiger partial charge >= 0.3 is 29.6 Å². The van der Waals surface area contributed by atoms with Crippen LogP contribution in [0, 0.1) is 0 Å². The Labute approximate surface area is 221 Å². The van der Waals surface area contributed by atoms with Crippen LogP contribution in [0.15, 0.2) is 17.1 Å². The summed E-state index contributed by atoms with van der Waals surface area (Å²) in [6, 6.07) is 0. The maximum Gasteiger partial charge on any atom is 1.00 e. The number of hydrogen-bond donors (Lipinski definition) is 1. The number of aliphatic imine (C=N–C) groups is 1. The van der Waals surface area contributed by atoms with Crippen molar-refractivity contribution in [3.05, 3.63) is 12.2 Å². The zero-order valence-electron chi connectivity index (χ0n) is 21.0. The molecule has 5 nitrogen and oxygen atoms in total. The monoisotopic (exact) mass is 481 g/mol. The smallest absolute Gasteiger partial charge is 0.859 e. The second-order valence-corrected chi connectivity index (χ2v) is 10.3. The molecular formula is C25H48NNaO4S. The third-order valence-electron chi connectivity index (χ3n) is 5.56. The third-order valence-corrected chi connectivity index (χ3v) is 6.37. The molecule has 184 valence electrons. The second kappa shape index (κ2) is 25.7. The molecule has 0 unspecified atom stereocenters. The van der Waals surface area contributed by atoms with E-state index in [4.69, 9.17) is 4.55 Å². The van der Waals surface area contributed by atoms with Crippen LogP contribution in [0.1, 0.15) is 129 Å². The Hall–Kier alpha value is 0.120. The van der Waals surface area contributed by atoms with Crippen molar-refractivity contribution in [3.8, 4) is 0 Å². The molecule has 7 heteroatoms. The topological polar surface area (TPSA) is 89.8 Å². The third kappa shape index (κ3) is 30.1. The summed E-state index contributed by atoms with van der Waals surface area (Å²) in [5, 5.41) is 11.6. The molecule has 0 aromatic heterocycles. The van der Waals surface area contributed by atoms with Crippen LogP contribution in [0.3, 0.4) is 0 Å². The largest absolute Gasteiger partial charge is 1.00 e. The molecule has 0 radical (unpaired) electrons. The van der Waals surface area contributed by atoms with Crippen molar-refractivity contribution in [3.63, 3.8) is 0 Å². The van der Waals surface area contributed by atoms with Crippen LogP contribution in [0.25, 0.3) is 0 Å². The van der Waals surface area contributed by atoms with E-state index in [-0.39, 0.29) is 41.2 Å². The van der Waals surface area contributed by atoms with Gasteiger partial charge in [-0.15, -0.1) is 0 Å². The molecule has 0 rings (SSSR count). The quantitative estimate of drug-likeness (QED) is 0.0793. The van der Waals surface area contributed by atoms with Gasteiger partial charge in [0.15, 0.2) is 0 Å². The van der Waals surface area contributed by atoms with E-state index in [0.29, 0.717) is 19.4 Å². The first kappa shape index (κ1) is 34.3. The van der Waals surface area contributed by atoms with Gasteiger partial charge in [-0.1, -0.05) is 115 Å². The molecular weight excluding hydrogens is 433 g/mol. The maximum atomic E-state index is 11.6. The predicted molar refractivity (Wildman–Crippen MR) is 131 cm³/mol. The van der Waals surface area contributed by atoms with Crippen LogP contribution >= 0.6 is 0 Å². The molecule has 1 N–H and O–H groups in total. The molecule has 0 bridgehead atoms. The minimum atomic E-state index is -3.91. The Bertz CT molecular complexity index is 550. The van der Waals surface area contributed by atoms with Gasteiger partial charge in [-0.25, -0.2) is 0 Å². The number of allylic oxidation sites excluding steroid dienone is 1. The summed E-state index contributed by atoms with van der Waals surface area (Å²) in [4.78, 5) is 3.86. The van der Waals surface area contributed by atoms with Crippen LogP contribution < -0.4 is 34.7 Å². The molecule has 0 saturated carbocycles. The van der Waals surface area contributed by atoms with Crippen molar-refractivity contribution in [2.45, 2.75) is 129 Å². The first-order valence-corrected chi connectivity index (χ1v) is 14.4. The van der Waals surface area contributed by atoms with E-state index in [9.17, 15) is 13.5 Å². The number of hydrogen-bond acceptors (Lipinski definition) is 4. The van der Waals surface area contributed by atoms with Crippen molar-refractivity contribution in [1.29, 1.82) is 0 Å². The molecule has 32 heavy (non-hydrogen) atoms. The fourth-order valence-corrected chi connectivity index (χ4v) is 4.20. The molecule has 0 amide bonds. The average Bonchev–Trinajstić information content (AvgIpc) is 2.71.